The van der Waals surface area contributed by atoms with Gasteiger partial charge in [0.25, 0.3) is 11.8 Å². The summed E-state index contributed by atoms with van der Waals surface area (Å²) in [6.07, 6.45) is 5.71. The smallest absolute Gasteiger partial charge is 0.256 e. The van der Waals surface area contributed by atoms with Gasteiger partial charge in [0, 0.05) is 35.5 Å². The normalized spacial score (nSPS) is 17.4. The lowest BCUT2D eigenvalue weighted by Gasteiger charge is -2.26. The molecule has 2 heterocycles. The van der Waals surface area contributed by atoms with E-state index in [1.165, 1.54) is 19.3 Å². The molecule has 5 heteroatoms. The molecule has 162 valence electrons. The summed E-state index contributed by atoms with van der Waals surface area (Å²) in [6, 6.07) is 19.6. The van der Waals surface area contributed by atoms with Gasteiger partial charge < -0.3 is 15.5 Å². The number of benzene rings is 3. The molecule has 0 atom stereocenters. The summed E-state index contributed by atoms with van der Waals surface area (Å²) in [4.78, 5) is 27.9. The molecule has 0 unspecified atom stereocenters. The van der Waals surface area contributed by atoms with Crippen LogP contribution in [0.5, 0.6) is 0 Å². The zero-order valence-corrected chi connectivity index (χ0v) is 18.1. The van der Waals surface area contributed by atoms with E-state index in [-0.39, 0.29) is 11.8 Å². The second kappa shape index (κ2) is 8.97. The molecule has 5 rings (SSSR count). The van der Waals surface area contributed by atoms with Gasteiger partial charge in [-0.1, -0.05) is 48.9 Å². The predicted octanol–water partition coefficient (Wildman–Crippen LogP) is 4.55. The van der Waals surface area contributed by atoms with Gasteiger partial charge in [0.1, 0.15) is 0 Å². The van der Waals surface area contributed by atoms with Crippen LogP contribution in [0.1, 0.15) is 40.7 Å². The summed E-state index contributed by atoms with van der Waals surface area (Å²) in [6.45, 7) is 3.74. The van der Waals surface area contributed by atoms with E-state index in [0.29, 0.717) is 17.7 Å². The Kier molecular flexibility index (Phi) is 5.73. The highest BCUT2D eigenvalue weighted by molar-refractivity contribution is 6.35. The van der Waals surface area contributed by atoms with E-state index >= 15 is 0 Å². The van der Waals surface area contributed by atoms with E-state index in [9.17, 15) is 9.59 Å². The van der Waals surface area contributed by atoms with Crippen molar-refractivity contribution in [3.63, 3.8) is 0 Å². The number of amides is 2. The van der Waals surface area contributed by atoms with Gasteiger partial charge >= 0.3 is 0 Å². The number of hydrogen-bond donors (Lipinski definition) is 2. The molecule has 32 heavy (non-hydrogen) atoms. The van der Waals surface area contributed by atoms with E-state index in [1.807, 2.05) is 42.5 Å². The van der Waals surface area contributed by atoms with E-state index in [1.54, 1.807) is 6.07 Å². The molecule has 3 aromatic rings. The highest BCUT2D eigenvalue weighted by atomic mass is 16.2. The zero-order valence-electron chi connectivity index (χ0n) is 18.1. The molecule has 2 N–H and O–H groups in total. The van der Waals surface area contributed by atoms with E-state index in [4.69, 9.17) is 0 Å². The molecule has 5 nitrogen and oxygen atoms in total. The van der Waals surface area contributed by atoms with Crippen molar-refractivity contribution in [3.8, 4) is 0 Å². The lowest BCUT2D eigenvalue weighted by molar-refractivity contribution is -0.110. The van der Waals surface area contributed by atoms with Gasteiger partial charge in [0.05, 0.1) is 0 Å². The van der Waals surface area contributed by atoms with Crippen molar-refractivity contribution in [2.75, 3.05) is 31.5 Å². The van der Waals surface area contributed by atoms with Crippen LogP contribution in [0, 0.1) is 0 Å². The molecule has 3 aromatic carbocycles. The van der Waals surface area contributed by atoms with Crippen molar-refractivity contribution < 1.29 is 9.59 Å². The molecule has 1 fully saturated rings. The first-order valence-corrected chi connectivity index (χ1v) is 11.3. The molecule has 0 saturated carbocycles. The Labute approximate surface area is 188 Å². The van der Waals surface area contributed by atoms with Crippen molar-refractivity contribution in [1.82, 2.24) is 10.2 Å². The third-order valence-corrected chi connectivity index (χ3v) is 6.35. The summed E-state index contributed by atoms with van der Waals surface area (Å²) >= 11 is 0. The van der Waals surface area contributed by atoms with Crippen molar-refractivity contribution >= 4 is 39.9 Å². The van der Waals surface area contributed by atoms with Crippen LogP contribution in [0.15, 0.2) is 60.7 Å². The molecule has 2 amide bonds. The lowest BCUT2D eigenvalue weighted by Crippen LogP contribution is -2.37. The van der Waals surface area contributed by atoms with Gasteiger partial charge in [-0.25, -0.2) is 0 Å². The number of carbonyl (C=O) groups is 2. The number of nitrogens with one attached hydrogen (secondary N) is 2. The van der Waals surface area contributed by atoms with Gasteiger partial charge in [0.2, 0.25) is 0 Å². The quantitative estimate of drug-likeness (QED) is 0.590. The molecule has 2 aliphatic heterocycles. The number of fused-ring (bicyclic) bond motifs is 2. The van der Waals surface area contributed by atoms with Gasteiger partial charge in [-0.15, -0.1) is 0 Å². The Hall–Kier alpha value is -3.44. The van der Waals surface area contributed by atoms with Crippen LogP contribution in [0.3, 0.4) is 0 Å². The van der Waals surface area contributed by atoms with Crippen LogP contribution >= 0.6 is 0 Å². The zero-order chi connectivity index (χ0) is 21.9. The van der Waals surface area contributed by atoms with Crippen molar-refractivity contribution in [1.29, 1.82) is 0 Å². The molecule has 0 aliphatic carbocycles. The number of carbonyl (C=O) groups excluding carboxylic acids is 2. The van der Waals surface area contributed by atoms with E-state index < -0.39 is 0 Å². The summed E-state index contributed by atoms with van der Waals surface area (Å²) in [7, 11) is 0. The molecule has 2 aliphatic rings. The van der Waals surface area contributed by atoms with E-state index in [0.717, 1.165) is 47.2 Å². The lowest BCUT2D eigenvalue weighted by atomic mass is 9.98. The third-order valence-electron chi connectivity index (χ3n) is 6.35. The first-order chi connectivity index (χ1) is 15.7. The summed E-state index contributed by atoms with van der Waals surface area (Å²) < 4.78 is 0. The molecule has 0 bridgehead atoms. The minimum atomic E-state index is -0.143. The fourth-order valence-electron chi connectivity index (χ4n) is 4.62. The summed E-state index contributed by atoms with van der Waals surface area (Å²) in [5.74, 6) is -0.246. The average molecular weight is 426 g/mol. The molecular weight excluding hydrogens is 398 g/mol. The highest BCUT2D eigenvalue weighted by Gasteiger charge is 2.25. The van der Waals surface area contributed by atoms with Crippen LogP contribution in [0.25, 0.3) is 22.4 Å². The monoisotopic (exact) mass is 425 g/mol. The Morgan fingerprint density at radius 3 is 2.69 bits per heavy atom. The Balaban J connectivity index is 1.37. The Bertz CT molecular complexity index is 1200. The first-order valence-electron chi connectivity index (χ1n) is 11.3. The van der Waals surface area contributed by atoms with Crippen molar-refractivity contribution in [2.24, 2.45) is 0 Å². The van der Waals surface area contributed by atoms with Crippen LogP contribution in [-0.2, 0) is 4.79 Å². The molecular formula is C27H27N3O2. The van der Waals surface area contributed by atoms with Gasteiger partial charge in [-0.3, -0.25) is 9.59 Å². The molecule has 0 spiro atoms. The minimum absolute atomic E-state index is 0.103. The maximum absolute atomic E-state index is 12.8. The number of anilines is 1. The van der Waals surface area contributed by atoms with Gasteiger partial charge in [-0.2, -0.15) is 0 Å². The maximum atomic E-state index is 12.8. The third kappa shape index (κ3) is 4.16. The number of likely N-dealkylation sites (tertiary alicyclic amines) is 1. The second-order valence-electron chi connectivity index (χ2n) is 8.50. The van der Waals surface area contributed by atoms with Crippen LogP contribution in [-0.4, -0.2) is 42.9 Å². The average Bonchev–Trinajstić information content (AvgIpc) is 3.14. The SMILES string of the molecule is O=C1Nc2ccc(C(=O)NCCN3CCCCC3)cc2/C1=C\c1cccc2ccccc12. The fourth-order valence-corrected chi connectivity index (χ4v) is 4.62. The summed E-state index contributed by atoms with van der Waals surface area (Å²) in [5, 5.41) is 8.17. The highest BCUT2D eigenvalue weighted by Crippen LogP contribution is 2.35. The molecule has 0 radical (unpaired) electrons. The Morgan fingerprint density at radius 1 is 1.00 bits per heavy atom. The Morgan fingerprint density at radius 2 is 1.81 bits per heavy atom. The second-order valence-corrected chi connectivity index (χ2v) is 8.50. The number of nitrogens with zero attached hydrogens (tertiary/aromatic N) is 1. The van der Waals surface area contributed by atoms with E-state index in [2.05, 4.69) is 33.7 Å². The largest absolute Gasteiger partial charge is 0.351 e. The maximum Gasteiger partial charge on any atom is 0.256 e. The topological polar surface area (TPSA) is 61.4 Å². The van der Waals surface area contributed by atoms with Crippen molar-refractivity contribution in [3.05, 3.63) is 77.4 Å². The molecule has 1 saturated heterocycles. The van der Waals surface area contributed by atoms with Gasteiger partial charge in [-0.05, 0) is 66.5 Å². The number of piperidine rings is 1. The number of hydrogen-bond acceptors (Lipinski definition) is 3. The van der Waals surface area contributed by atoms with Crippen LogP contribution < -0.4 is 10.6 Å². The first kappa shape index (κ1) is 20.5. The van der Waals surface area contributed by atoms with Crippen LogP contribution in [0.2, 0.25) is 0 Å². The fraction of sp³-hybridized carbons (Fsp3) is 0.259. The van der Waals surface area contributed by atoms with Crippen LogP contribution in [0.4, 0.5) is 5.69 Å². The summed E-state index contributed by atoms with van der Waals surface area (Å²) in [5.41, 5.74) is 3.65. The standard InChI is InChI=1S/C27H27N3O2/c31-26(28-13-16-30-14-4-1-5-15-30)21-11-12-25-23(18-21)24(27(32)29-25)17-20-9-6-8-19-7-2-3-10-22(19)20/h2-3,6-12,17-18H,1,4-5,13-16H2,(H,28,31)(H,29,32)/b24-17+. The minimum Gasteiger partial charge on any atom is -0.351 e. The van der Waals surface area contributed by atoms with Crippen molar-refractivity contribution in [2.45, 2.75) is 19.3 Å². The predicted molar refractivity (Wildman–Crippen MR) is 130 cm³/mol. The molecule has 0 aromatic heterocycles. The van der Waals surface area contributed by atoms with Gasteiger partial charge in [0.15, 0.2) is 0 Å². The number of rotatable bonds is 5.